The van der Waals surface area contributed by atoms with E-state index in [1.807, 2.05) is 19.1 Å². The van der Waals surface area contributed by atoms with Gasteiger partial charge in [0.05, 0.1) is 12.3 Å². The Kier molecular flexibility index (Phi) is 4.59. The van der Waals surface area contributed by atoms with E-state index < -0.39 is 0 Å². The van der Waals surface area contributed by atoms with Crippen LogP contribution in [0.4, 0.5) is 0 Å². The fraction of sp³-hybridized carbons (Fsp3) is 0.389. The second kappa shape index (κ2) is 6.79. The number of rotatable bonds is 5. The minimum Gasteiger partial charge on any atom is -0.469 e. The Balaban J connectivity index is 1.51. The van der Waals surface area contributed by atoms with E-state index in [1.54, 1.807) is 6.26 Å². The van der Waals surface area contributed by atoms with E-state index >= 15 is 0 Å². The molecule has 0 saturated heterocycles. The maximum Gasteiger partial charge on any atom is 0.237 e. The summed E-state index contributed by atoms with van der Waals surface area (Å²) in [6, 6.07) is 12.2. The SMILES string of the molecule is CC(C(=O)NCCc1ccco1)N1CCc2ccccc2C1. The Morgan fingerprint density at radius 1 is 1.27 bits per heavy atom. The van der Waals surface area contributed by atoms with Crippen LogP contribution in [0, 0.1) is 0 Å². The molecular weight excluding hydrogens is 276 g/mol. The first kappa shape index (κ1) is 14.9. The summed E-state index contributed by atoms with van der Waals surface area (Å²) in [7, 11) is 0. The smallest absolute Gasteiger partial charge is 0.237 e. The lowest BCUT2D eigenvalue weighted by molar-refractivity contribution is -0.126. The highest BCUT2D eigenvalue weighted by molar-refractivity contribution is 5.81. The second-order valence-corrected chi connectivity index (χ2v) is 5.79. The van der Waals surface area contributed by atoms with Crippen LogP contribution in [-0.4, -0.2) is 29.9 Å². The van der Waals surface area contributed by atoms with Crippen LogP contribution in [0.25, 0.3) is 0 Å². The van der Waals surface area contributed by atoms with Crippen LogP contribution in [0.2, 0.25) is 0 Å². The molecular formula is C18H22N2O2. The molecule has 1 aromatic heterocycles. The zero-order valence-electron chi connectivity index (χ0n) is 12.9. The number of hydrogen-bond donors (Lipinski definition) is 1. The van der Waals surface area contributed by atoms with Crippen LogP contribution in [0.15, 0.2) is 47.1 Å². The van der Waals surface area contributed by atoms with Gasteiger partial charge in [0.15, 0.2) is 0 Å². The first-order valence-electron chi connectivity index (χ1n) is 7.85. The lowest BCUT2D eigenvalue weighted by atomic mass is 9.99. The topological polar surface area (TPSA) is 45.5 Å². The molecule has 1 unspecified atom stereocenters. The van der Waals surface area contributed by atoms with Gasteiger partial charge < -0.3 is 9.73 Å². The number of hydrogen-bond acceptors (Lipinski definition) is 3. The summed E-state index contributed by atoms with van der Waals surface area (Å²) in [6.07, 6.45) is 3.40. The Hall–Kier alpha value is -2.07. The summed E-state index contributed by atoms with van der Waals surface area (Å²) < 4.78 is 5.27. The van der Waals surface area contributed by atoms with Crippen molar-refractivity contribution < 1.29 is 9.21 Å². The van der Waals surface area contributed by atoms with Crippen molar-refractivity contribution in [2.45, 2.75) is 32.4 Å². The van der Waals surface area contributed by atoms with Crippen molar-refractivity contribution >= 4 is 5.91 Å². The van der Waals surface area contributed by atoms with Gasteiger partial charge in [-0.1, -0.05) is 24.3 Å². The highest BCUT2D eigenvalue weighted by Crippen LogP contribution is 2.20. The molecule has 0 spiro atoms. The van der Waals surface area contributed by atoms with Crippen LogP contribution in [0.3, 0.4) is 0 Å². The van der Waals surface area contributed by atoms with Gasteiger partial charge in [-0.15, -0.1) is 0 Å². The van der Waals surface area contributed by atoms with Crippen molar-refractivity contribution in [1.29, 1.82) is 0 Å². The van der Waals surface area contributed by atoms with Gasteiger partial charge >= 0.3 is 0 Å². The molecule has 1 aliphatic rings. The summed E-state index contributed by atoms with van der Waals surface area (Å²) in [5, 5.41) is 3.00. The zero-order valence-corrected chi connectivity index (χ0v) is 12.9. The zero-order chi connectivity index (χ0) is 15.4. The number of amides is 1. The number of furan rings is 1. The maximum absolute atomic E-state index is 12.3. The van der Waals surface area contributed by atoms with E-state index in [0.717, 1.165) is 31.7 Å². The third-order valence-corrected chi connectivity index (χ3v) is 4.34. The normalized spacial score (nSPS) is 16.0. The number of carbonyl (C=O) groups excluding carboxylic acids is 1. The second-order valence-electron chi connectivity index (χ2n) is 5.79. The maximum atomic E-state index is 12.3. The quantitative estimate of drug-likeness (QED) is 0.922. The summed E-state index contributed by atoms with van der Waals surface area (Å²) >= 11 is 0. The van der Waals surface area contributed by atoms with Gasteiger partial charge in [-0.2, -0.15) is 0 Å². The molecule has 2 heterocycles. The van der Waals surface area contributed by atoms with Gasteiger partial charge in [-0.3, -0.25) is 9.69 Å². The third-order valence-electron chi connectivity index (χ3n) is 4.34. The molecule has 1 aliphatic heterocycles. The molecule has 0 bridgehead atoms. The number of benzene rings is 1. The standard InChI is InChI=1S/C18H22N2O2/c1-14(18(21)19-10-8-17-7-4-12-22-17)20-11-9-15-5-2-3-6-16(15)13-20/h2-7,12,14H,8-11,13H2,1H3,(H,19,21). The van der Waals surface area contributed by atoms with E-state index in [2.05, 4.69) is 34.5 Å². The molecule has 0 fully saturated rings. The van der Waals surface area contributed by atoms with Crippen molar-refractivity contribution in [3.05, 3.63) is 59.5 Å². The average molecular weight is 298 g/mol. The highest BCUT2D eigenvalue weighted by Gasteiger charge is 2.24. The molecule has 0 aliphatic carbocycles. The first-order chi connectivity index (χ1) is 10.7. The molecule has 3 rings (SSSR count). The summed E-state index contributed by atoms with van der Waals surface area (Å²) in [4.78, 5) is 14.5. The summed E-state index contributed by atoms with van der Waals surface area (Å²) in [5.41, 5.74) is 2.74. The minimum absolute atomic E-state index is 0.0888. The fourth-order valence-electron chi connectivity index (χ4n) is 2.93. The molecule has 1 atom stereocenters. The highest BCUT2D eigenvalue weighted by atomic mass is 16.3. The Morgan fingerprint density at radius 3 is 2.86 bits per heavy atom. The van der Waals surface area contributed by atoms with Crippen molar-refractivity contribution in [3.8, 4) is 0 Å². The largest absolute Gasteiger partial charge is 0.469 e. The summed E-state index contributed by atoms with van der Waals surface area (Å²) in [6.45, 7) is 4.38. The molecule has 4 nitrogen and oxygen atoms in total. The summed E-state index contributed by atoms with van der Waals surface area (Å²) in [5.74, 6) is 0.991. The Bertz CT molecular complexity index is 622. The van der Waals surface area contributed by atoms with Gasteiger partial charge in [-0.05, 0) is 36.6 Å². The number of carbonyl (C=O) groups is 1. The van der Waals surface area contributed by atoms with Crippen molar-refractivity contribution in [3.63, 3.8) is 0 Å². The van der Waals surface area contributed by atoms with E-state index in [1.165, 1.54) is 11.1 Å². The van der Waals surface area contributed by atoms with Gasteiger partial charge in [-0.25, -0.2) is 0 Å². The fourth-order valence-corrected chi connectivity index (χ4v) is 2.93. The minimum atomic E-state index is -0.107. The van der Waals surface area contributed by atoms with Crippen molar-refractivity contribution in [2.75, 3.05) is 13.1 Å². The Labute approximate surface area is 131 Å². The van der Waals surface area contributed by atoms with Crippen LogP contribution in [-0.2, 0) is 24.2 Å². The average Bonchev–Trinajstić information content (AvgIpc) is 3.07. The predicted octanol–water partition coefficient (Wildman–Crippen LogP) is 2.39. The molecule has 116 valence electrons. The van der Waals surface area contributed by atoms with Gasteiger partial charge in [0.1, 0.15) is 5.76 Å². The monoisotopic (exact) mass is 298 g/mol. The molecule has 0 saturated carbocycles. The number of nitrogens with one attached hydrogen (secondary N) is 1. The third kappa shape index (κ3) is 3.39. The van der Waals surface area contributed by atoms with E-state index in [9.17, 15) is 4.79 Å². The van der Waals surface area contributed by atoms with E-state index in [4.69, 9.17) is 4.42 Å². The number of nitrogens with zero attached hydrogens (tertiary/aromatic N) is 1. The lowest BCUT2D eigenvalue weighted by Crippen LogP contribution is -2.47. The first-order valence-corrected chi connectivity index (χ1v) is 7.85. The molecule has 1 aromatic carbocycles. The lowest BCUT2D eigenvalue weighted by Gasteiger charge is -2.32. The van der Waals surface area contributed by atoms with Gasteiger partial charge in [0.2, 0.25) is 5.91 Å². The van der Waals surface area contributed by atoms with Crippen LogP contribution in [0.5, 0.6) is 0 Å². The van der Waals surface area contributed by atoms with Gasteiger partial charge in [0, 0.05) is 26.1 Å². The van der Waals surface area contributed by atoms with Gasteiger partial charge in [0.25, 0.3) is 0 Å². The molecule has 0 radical (unpaired) electrons. The van der Waals surface area contributed by atoms with Crippen molar-refractivity contribution in [2.24, 2.45) is 0 Å². The van der Waals surface area contributed by atoms with Crippen LogP contribution >= 0.6 is 0 Å². The van der Waals surface area contributed by atoms with E-state index in [-0.39, 0.29) is 11.9 Å². The molecule has 22 heavy (non-hydrogen) atoms. The number of fused-ring (bicyclic) bond motifs is 1. The molecule has 4 heteroatoms. The molecule has 1 N–H and O–H groups in total. The Morgan fingerprint density at radius 2 is 2.09 bits per heavy atom. The van der Waals surface area contributed by atoms with E-state index in [0.29, 0.717) is 6.54 Å². The van der Waals surface area contributed by atoms with Crippen molar-refractivity contribution in [1.82, 2.24) is 10.2 Å². The predicted molar refractivity (Wildman–Crippen MR) is 85.4 cm³/mol. The molecule has 1 amide bonds. The van der Waals surface area contributed by atoms with Crippen LogP contribution in [0.1, 0.15) is 23.8 Å². The van der Waals surface area contributed by atoms with Crippen LogP contribution < -0.4 is 5.32 Å². The molecule has 2 aromatic rings.